The molecule has 0 atom stereocenters. The van der Waals surface area contributed by atoms with Crippen LogP contribution >= 0.6 is 0 Å². The fraction of sp³-hybridized carbons (Fsp3) is 0.200. The van der Waals surface area contributed by atoms with Crippen molar-refractivity contribution < 1.29 is 17.6 Å². The predicted molar refractivity (Wildman–Crippen MR) is 106 cm³/mol. The molecule has 0 saturated heterocycles. The van der Waals surface area contributed by atoms with Crippen LogP contribution in [0.4, 0.5) is 10.1 Å². The van der Waals surface area contributed by atoms with Crippen LogP contribution < -0.4 is 4.72 Å². The molecule has 0 aliphatic carbocycles. The van der Waals surface area contributed by atoms with Gasteiger partial charge in [-0.25, -0.2) is 12.8 Å². The number of nitrogens with one attached hydrogen (secondary N) is 1. The van der Waals surface area contributed by atoms with Gasteiger partial charge in [-0.3, -0.25) is 14.5 Å². The quantitative estimate of drug-likeness (QED) is 0.684. The van der Waals surface area contributed by atoms with Crippen LogP contribution in [-0.2, 0) is 10.0 Å². The average molecular weight is 401 g/mol. The molecule has 146 valence electrons. The highest BCUT2D eigenvalue weighted by molar-refractivity contribution is 7.93. The molecular weight excluding hydrogens is 381 g/mol. The van der Waals surface area contributed by atoms with Crippen LogP contribution in [0, 0.1) is 5.82 Å². The van der Waals surface area contributed by atoms with E-state index in [0.29, 0.717) is 24.3 Å². The number of nitrogens with zero attached hydrogens (tertiary/aromatic N) is 2. The van der Waals surface area contributed by atoms with E-state index in [1.54, 1.807) is 23.1 Å². The van der Waals surface area contributed by atoms with Gasteiger partial charge >= 0.3 is 0 Å². The smallest absolute Gasteiger partial charge is 0.262 e. The first-order chi connectivity index (χ1) is 13.4. The highest BCUT2D eigenvalue weighted by Gasteiger charge is 2.20. The van der Waals surface area contributed by atoms with Crippen molar-refractivity contribution in [1.82, 2.24) is 9.88 Å². The molecule has 2 aromatic carbocycles. The standard InChI is InChI=1S/C20H20FN3O3S/c1-3-24(4-2)20(25)14-7-9-15(10-8-14)23-28(26,27)18-12-11-17(21)19-16(18)6-5-13-22-19/h5-13,23H,3-4H2,1-2H3. The monoisotopic (exact) mass is 401 g/mol. The van der Waals surface area contributed by atoms with Gasteiger partial charge in [-0.1, -0.05) is 0 Å². The topological polar surface area (TPSA) is 79.4 Å². The second kappa shape index (κ2) is 7.93. The number of carbonyl (C=O) groups is 1. The molecular formula is C20H20FN3O3S. The number of rotatable bonds is 6. The van der Waals surface area contributed by atoms with Gasteiger partial charge in [0.05, 0.1) is 4.90 Å². The molecule has 0 aliphatic heterocycles. The lowest BCUT2D eigenvalue weighted by Gasteiger charge is -2.18. The van der Waals surface area contributed by atoms with Gasteiger partial charge in [0.1, 0.15) is 11.3 Å². The SMILES string of the molecule is CCN(CC)C(=O)c1ccc(NS(=O)(=O)c2ccc(F)c3ncccc23)cc1. The molecule has 8 heteroatoms. The van der Waals surface area contributed by atoms with Gasteiger partial charge in [0.2, 0.25) is 0 Å². The molecule has 0 radical (unpaired) electrons. The Balaban J connectivity index is 1.90. The maximum absolute atomic E-state index is 13.9. The zero-order chi connectivity index (χ0) is 20.3. The van der Waals surface area contributed by atoms with Gasteiger partial charge in [0.15, 0.2) is 0 Å². The van der Waals surface area contributed by atoms with Gasteiger partial charge in [-0.15, -0.1) is 0 Å². The first-order valence-electron chi connectivity index (χ1n) is 8.82. The summed E-state index contributed by atoms with van der Waals surface area (Å²) >= 11 is 0. The Morgan fingerprint density at radius 2 is 1.75 bits per heavy atom. The number of halogens is 1. The molecule has 1 heterocycles. The van der Waals surface area contributed by atoms with Crippen LogP contribution in [0.25, 0.3) is 10.9 Å². The Labute approximate surface area is 163 Å². The summed E-state index contributed by atoms with van der Waals surface area (Å²) in [6.45, 7) is 4.97. The summed E-state index contributed by atoms with van der Waals surface area (Å²) in [5, 5.41) is 0.198. The normalized spacial score (nSPS) is 11.4. The van der Waals surface area contributed by atoms with E-state index in [2.05, 4.69) is 9.71 Å². The number of hydrogen-bond acceptors (Lipinski definition) is 4. The van der Waals surface area contributed by atoms with E-state index in [9.17, 15) is 17.6 Å². The van der Waals surface area contributed by atoms with Gasteiger partial charge in [-0.05, 0) is 62.4 Å². The molecule has 3 rings (SSSR count). The summed E-state index contributed by atoms with van der Waals surface area (Å²) in [5.74, 6) is -0.705. The van der Waals surface area contributed by atoms with Crippen LogP contribution in [0.15, 0.2) is 59.6 Å². The zero-order valence-electron chi connectivity index (χ0n) is 15.5. The summed E-state index contributed by atoms with van der Waals surface area (Å²) in [5.41, 5.74) is 0.770. The maximum Gasteiger partial charge on any atom is 0.262 e. The van der Waals surface area contributed by atoms with E-state index in [1.807, 2.05) is 13.8 Å². The lowest BCUT2D eigenvalue weighted by molar-refractivity contribution is 0.0773. The van der Waals surface area contributed by atoms with E-state index in [4.69, 9.17) is 0 Å². The molecule has 28 heavy (non-hydrogen) atoms. The number of fused-ring (bicyclic) bond motifs is 1. The second-order valence-electron chi connectivity index (χ2n) is 6.11. The minimum atomic E-state index is -3.97. The van der Waals surface area contributed by atoms with Crippen LogP contribution in [0.1, 0.15) is 24.2 Å². The van der Waals surface area contributed by atoms with Crippen LogP contribution in [0.3, 0.4) is 0 Å². The molecule has 6 nitrogen and oxygen atoms in total. The molecule has 0 saturated carbocycles. The highest BCUT2D eigenvalue weighted by Crippen LogP contribution is 2.26. The minimum absolute atomic E-state index is 0.00876. The summed E-state index contributed by atoms with van der Waals surface area (Å²) in [4.78, 5) is 17.9. The predicted octanol–water partition coefficient (Wildman–Crippen LogP) is 3.66. The minimum Gasteiger partial charge on any atom is -0.339 e. The Morgan fingerprint density at radius 1 is 1.07 bits per heavy atom. The summed E-state index contributed by atoms with van der Waals surface area (Å²) in [7, 11) is -3.97. The number of aromatic nitrogens is 1. The van der Waals surface area contributed by atoms with Crippen molar-refractivity contribution >= 4 is 32.5 Å². The molecule has 0 bridgehead atoms. The number of pyridine rings is 1. The number of hydrogen-bond donors (Lipinski definition) is 1. The van der Waals surface area contributed by atoms with E-state index < -0.39 is 15.8 Å². The van der Waals surface area contributed by atoms with Crippen molar-refractivity contribution in [3.63, 3.8) is 0 Å². The molecule has 1 aromatic heterocycles. The van der Waals surface area contributed by atoms with Crippen molar-refractivity contribution in [3.05, 3.63) is 66.1 Å². The Bertz CT molecular complexity index is 1110. The number of carbonyl (C=O) groups excluding carboxylic acids is 1. The lowest BCUT2D eigenvalue weighted by Crippen LogP contribution is -2.30. The summed E-state index contributed by atoms with van der Waals surface area (Å²) < 4.78 is 42.0. The van der Waals surface area contributed by atoms with Crippen molar-refractivity contribution in [2.45, 2.75) is 18.7 Å². The van der Waals surface area contributed by atoms with Crippen molar-refractivity contribution in [2.75, 3.05) is 17.8 Å². The number of sulfonamides is 1. The highest BCUT2D eigenvalue weighted by atomic mass is 32.2. The first-order valence-corrected chi connectivity index (χ1v) is 10.3. The molecule has 0 unspecified atom stereocenters. The molecule has 0 aliphatic rings. The average Bonchev–Trinajstić information content (AvgIpc) is 2.69. The van der Waals surface area contributed by atoms with Gasteiger partial charge in [-0.2, -0.15) is 0 Å². The molecule has 3 aromatic rings. The second-order valence-corrected chi connectivity index (χ2v) is 7.76. The van der Waals surface area contributed by atoms with Gasteiger partial charge in [0, 0.05) is 35.9 Å². The molecule has 0 fully saturated rings. The third-order valence-electron chi connectivity index (χ3n) is 4.40. The van der Waals surface area contributed by atoms with Crippen molar-refractivity contribution in [3.8, 4) is 0 Å². The van der Waals surface area contributed by atoms with Crippen molar-refractivity contribution in [2.24, 2.45) is 0 Å². The first kappa shape index (κ1) is 19.8. The fourth-order valence-electron chi connectivity index (χ4n) is 2.93. The van der Waals surface area contributed by atoms with E-state index in [0.717, 1.165) is 6.07 Å². The maximum atomic E-state index is 13.9. The number of amides is 1. The van der Waals surface area contributed by atoms with E-state index in [-0.39, 0.29) is 21.7 Å². The van der Waals surface area contributed by atoms with Gasteiger partial charge in [0.25, 0.3) is 15.9 Å². The third-order valence-corrected chi connectivity index (χ3v) is 5.84. The molecule has 1 N–H and O–H groups in total. The Morgan fingerprint density at radius 3 is 2.39 bits per heavy atom. The third kappa shape index (κ3) is 3.82. The largest absolute Gasteiger partial charge is 0.339 e. The lowest BCUT2D eigenvalue weighted by atomic mass is 10.2. The van der Waals surface area contributed by atoms with Crippen molar-refractivity contribution in [1.29, 1.82) is 0 Å². The molecule has 1 amide bonds. The van der Waals surface area contributed by atoms with Gasteiger partial charge < -0.3 is 4.90 Å². The zero-order valence-corrected chi connectivity index (χ0v) is 16.3. The van der Waals surface area contributed by atoms with Crippen LogP contribution in [0.5, 0.6) is 0 Å². The van der Waals surface area contributed by atoms with E-state index in [1.165, 1.54) is 30.5 Å². The molecule has 0 spiro atoms. The fourth-order valence-corrected chi connectivity index (χ4v) is 4.19. The Kier molecular flexibility index (Phi) is 5.60. The van der Waals surface area contributed by atoms with Crippen LogP contribution in [-0.4, -0.2) is 37.3 Å². The Hall–Kier alpha value is -3.00. The number of benzene rings is 2. The van der Waals surface area contributed by atoms with Crippen LogP contribution in [0.2, 0.25) is 0 Å². The summed E-state index contributed by atoms with van der Waals surface area (Å²) in [6.07, 6.45) is 1.40. The van der Waals surface area contributed by atoms with E-state index >= 15 is 0 Å². The number of anilines is 1. The summed E-state index contributed by atoms with van der Waals surface area (Å²) in [6, 6.07) is 11.5.